The van der Waals surface area contributed by atoms with Gasteiger partial charge in [-0.25, -0.2) is 0 Å². The smallest absolute Gasteiger partial charge is 0.126 e. The molecule has 1 aromatic carbocycles. The second kappa shape index (κ2) is 6.61. The van der Waals surface area contributed by atoms with E-state index in [1.807, 2.05) is 25.2 Å². The summed E-state index contributed by atoms with van der Waals surface area (Å²) in [7, 11) is 3.65. The first-order chi connectivity index (χ1) is 9.52. The molecule has 0 radical (unpaired) electrons. The Labute approximate surface area is 131 Å². The highest BCUT2D eigenvalue weighted by atomic mass is 79.9. The summed E-state index contributed by atoms with van der Waals surface area (Å²) < 4.78 is 6.49. The molecule has 0 amide bonds. The molecule has 0 spiro atoms. The lowest BCUT2D eigenvalue weighted by Crippen LogP contribution is -2.18. The zero-order chi connectivity index (χ0) is 14.7. The van der Waals surface area contributed by atoms with Crippen molar-refractivity contribution in [1.29, 1.82) is 0 Å². The number of halogens is 1. The van der Waals surface area contributed by atoms with Gasteiger partial charge < -0.3 is 14.7 Å². The molecule has 1 aromatic heterocycles. The van der Waals surface area contributed by atoms with Gasteiger partial charge in [-0.15, -0.1) is 11.3 Å². The number of aliphatic hydroxyl groups excluding tert-OH is 1. The molecule has 1 atom stereocenters. The number of nitrogens with zero attached hydrogens (tertiary/aromatic N) is 1. The van der Waals surface area contributed by atoms with Crippen LogP contribution in [0.25, 0.3) is 0 Å². The summed E-state index contributed by atoms with van der Waals surface area (Å²) in [6.07, 6.45) is -0.571. The van der Waals surface area contributed by atoms with Gasteiger partial charge in [0.2, 0.25) is 0 Å². The number of methoxy groups -OCH3 is 1. The molecule has 0 saturated heterocycles. The van der Waals surface area contributed by atoms with Crippen LogP contribution in [0.1, 0.15) is 24.2 Å². The van der Waals surface area contributed by atoms with E-state index >= 15 is 0 Å². The zero-order valence-electron chi connectivity index (χ0n) is 11.8. The topological polar surface area (TPSA) is 32.7 Å². The fourth-order valence-electron chi connectivity index (χ4n) is 2.25. The van der Waals surface area contributed by atoms with Gasteiger partial charge in [0, 0.05) is 24.8 Å². The van der Waals surface area contributed by atoms with Crippen molar-refractivity contribution < 1.29 is 9.84 Å². The first kappa shape index (κ1) is 15.4. The summed E-state index contributed by atoms with van der Waals surface area (Å²) in [5.74, 6) is 0.718. The van der Waals surface area contributed by atoms with E-state index in [4.69, 9.17) is 4.74 Å². The maximum Gasteiger partial charge on any atom is 0.126 e. The van der Waals surface area contributed by atoms with Crippen molar-refractivity contribution in [3.05, 3.63) is 44.6 Å². The lowest BCUT2D eigenvalue weighted by Gasteiger charge is -2.24. The van der Waals surface area contributed by atoms with Crippen LogP contribution >= 0.6 is 27.3 Å². The van der Waals surface area contributed by atoms with Crippen LogP contribution < -0.4 is 9.64 Å². The molecular formula is C15H18BrNO2S. The number of anilines is 1. The Hall–Kier alpha value is -1.04. The second-order valence-corrected chi connectivity index (χ2v) is 6.97. The van der Waals surface area contributed by atoms with Crippen molar-refractivity contribution in [3.8, 4) is 5.75 Å². The average molecular weight is 356 g/mol. The minimum Gasteiger partial charge on any atom is -0.496 e. The number of thiophene rings is 1. The number of ether oxygens (including phenoxy) is 1. The predicted octanol–water partition coefficient (Wildman–Crippen LogP) is 4.21. The number of rotatable bonds is 5. The molecule has 0 bridgehead atoms. The molecule has 3 nitrogen and oxygen atoms in total. The zero-order valence-corrected chi connectivity index (χ0v) is 14.2. The fraction of sp³-hybridized carbons (Fsp3) is 0.333. The van der Waals surface area contributed by atoms with Crippen molar-refractivity contribution in [2.24, 2.45) is 0 Å². The molecule has 108 valence electrons. The Kier molecular flexibility index (Phi) is 5.07. The van der Waals surface area contributed by atoms with Gasteiger partial charge in [-0.3, -0.25) is 0 Å². The Balaban J connectivity index is 2.31. The summed E-state index contributed by atoms with van der Waals surface area (Å²) in [6, 6.07) is 7.94. The van der Waals surface area contributed by atoms with Gasteiger partial charge in [0.25, 0.3) is 0 Å². The van der Waals surface area contributed by atoms with Crippen LogP contribution in [-0.2, 0) is 6.54 Å². The average Bonchev–Trinajstić information content (AvgIpc) is 2.82. The third-order valence-corrected chi connectivity index (χ3v) is 4.69. The molecule has 0 aliphatic rings. The van der Waals surface area contributed by atoms with Gasteiger partial charge >= 0.3 is 0 Å². The maximum absolute atomic E-state index is 10.0. The van der Waals surface area contributed by atoms with E-state index in [-0.39, 0.29) is 0 Å². The molecule has 0 fully saturated rings. The lowest BCUT2D eigenvalue weighted by molar-refractivity contribution is 0.194. The highest BCUT2D eigenvalue weighted by Crippen LogP contribution is 2.35. The monoisotopic (exact) mass is 355 g/mol. The summed E-state index contributed by atoms with van der Waals surface area (Å²) in [5.41, 5.74) is 3.05. The quantitative estimate of drug-likeness (QED) is 0.871. The number of hydrogen-bond donors (Lipinski definition) is 1. The van der Waals surface area contributed by atoms with Crippen LogP contribution in [-0.4, -0.2) is 19.3 Å². The Morgan fingerprint density at radius 2 is 2.20 bits per heavy atom. The molecule has 5 heteroatoms. The summed E-state index contributed by atoms with van der Waals surface area (Å²) >= 11 is 5.15. The minimum absolute atomic E-state index is 0.571. The molecule has 1 N–H and O–H groups in total. The molecule has 0 saturated carbocycles. The van der Waals surface area contributed by atoms with Crippen LogP contribution in [0.3, 0.4) is 0 Å². The highest BCUT2D eigenvalue weighted by Gasteiger charge is 2.17. The van der Waals surface area contributed by atoms with Crippen LogP contribution in [0, 0.1) is 0 Å². The summed E-state index contributed by atoms with van der Waals surface area (Å²) in [6.45, 7) is 2.55. The van der Waals surface area contributed by atoms with Gasteiger partial charge in [0.15, 0.2) is 0 Å². The lowest BCUT2D eigenvalue weighted by atomic mass is 10.1. The number of aliphatic hydroxyl groups is 1. The van der Waals surface area contributed by atoms with Gasteiger partial charge in [-0.05, 0) is 52.0 Å². The largest absolute Gasteiger partial charge is 0.496 e. The van der Waals surface area contributed by atoms with Crippen molar-refractivity contribution in [1.82, 2.24) is 0 Å². The van der Waals surface area contributed by atoms with E-state index in [1.54, 1.807) is 25.4 Å². The van der Waals surface area contributed by atoms with Crippen LogP contribution in [0.15, 0.2) is 33.4 Å². The molecule has 2 aromatic rings. The van der Waals surface area contributed by atoms with Crippen molar-refractivity contribution in [2.75, 3.05) is 19.1 Å². The Bertz CT molecular complexity index is 583. The standard InChI is InChI=1S/C15H18BrNO2S/c1-10(18)15-12(5-4-6-13(15)19-3)17(2)8-11-7-14(16)20-9-11/h4-7,9-10,18H,8H2,1-3H3/t10-/m0/s1. The maximum atomic E-state index is 10.0. The van der Waals surface area contributed by atoms with E-state index < -0.39 is 6.10 Å². The molecule has 1 heterocycles. The predicted molar refractivity (Wildman–Crippen MR) is 87.8 cm³/mol. The molecular weight excluding hydrogens is 338 g/mol. The van der Waals surface area contributed by atoms with Gasteiger partial charge in [0.05, 0.1) is 17.0 Å². The van der Waals surface area contributed by atoms with Gasteiger partial charge in [0.1, 0.15) is 5.75 Å². The third-order valence-electron chi connectivity index (χ3n) is 3.13. The molecule has 0 unspecified atom stereocenters. The Morgan fingerprint density at radius 3 is 2.75 bits per heavy atom. The van der Waals surface area contributed by atoms with E-state index in [1.165, 1.54) is 5.56 Å². The fourth-order valence-corrected chi connectivity index (χ4v) is 3.45. The van der Waals surface area contributed by atoms with Crippen molar-refractivity contribution >= 4 is 33.0 Å². The third kappa shape index (κ3) is 3.34. The number of benzene rings is 1. The first-order valence-corrected chi connectivity index (χ1v) is 7.99. The molecule has 0 aliphatic heterocycles. The normalized spacial score (nSPS) is 12.2. The van der Waals surface area contributed by atoms with Crippen molar-refractivity contribution in [2.45, 2.75) is 19.6 Å². The van der Waals surface area contributed by atoms with Crippen LogP contribution in [0.5, 0.6) is 5.75 Å². The van der Waals surface area contributed by atoms with Gasteiger partial charge in [-0.1, -0.05) is 6.07 Å². The molecule has 20 heavy (non-hydrogen) atoms. The minimum atomic E-state index is -0.571. The molecule has 2 rings (SSSR count). The number of hydrogen-bond acceptors (Lipinski definition) is 4. The van der Waals surface area contributed by atoms with Crippen LogP contribution in [0.2, 0.25) is 0 Å². The highest BCUT2D eigenvalue weighted by molar-refractivity contribution is 9.11. The summed E-state index contributed by atoms with van der Waals surface area (Å²) in [4.78, 5) is 2.12. The van der Waals surface area contributed by atoms with E-state index in [9.17, 15) is 5.11 Å². The Morgan fingerprint density at radius 1 is 1.45 bits per heavy atom. The van der Waals surface area contributed by atoms with Crippen molar-refractivity contribution in [3.63, 3.8) is 0 Å². The second-order valence-electron chi connectivity index (χ2n) is 4.68. The van der Waals surface area contributed by atoms with Gasteiger partial charge in [-0.2, -0.15) is 0 Å². The SMILES string of the molecule is COc1cccc(N(C)Cc2csc(Br)c2)c1[C@H](C)O. The molecule has 0 aliphatic carbocycles. The van der Waals surface area contributed by atoms with E-state index in [0.717, 1.165) is 27.3 Å². The van der Waals surface area contributed by atoms with E-state index in [2.05, 4.69) is 32.3 Å². The first-order valence-electron chi connectivity index (χ1n) is 6.32. The van der Waals surface area contributed by atoms with Crippen LogP contribution in [0.4, 0.5) is 5.69 Å². The summed E-state index contributed by atoms with van der Waals surface area (Å²) in [5, 5.41) is 12.2. The van der Waals surface area contributed by atoms with E-state index in [0.29, 0.717) is 0 Å².